The summed E-state index contributed by atoms with van der Waals surface area (Å²) in [7, 11) is 0. The fourth-order valence-electron chi connectivity index (χ4n) is 1.55. The summed E-state index contributed by atoms with van der Waals surface area (Å²) in [6.45, 7) is 0. The number of amides is 1. The number of nitrogens with zero attached hydrogens (tertiary/aromatic N) is 1. The predicted molar refractivity (Wildman–Crippen MR) is 68.6 cm³/mol. The third kappa shape index (κ3) is 3.28. The van der Waals surface area contributed by atoms with Crippen molar-refractivity contribution in [3.63, 3.8) is 0 Å². The number of carbonyl (C=O) groups excluding carboxylic acids is 2. The highest BCUT2D eigenvalue weighted by atomic mass is 16.2. The first kappa shape index (κ1) is 12.0. The molecule has 18 heavy (non-hydrogen) atoms. The molecule has 0 saturated carbocycles. The van der Waals surface area contributed by atoms with E-state index in [1.54, 1.807) is 48.5 Å². The van der Waals surface area contributed by atoms with Gasteiger partial charge < -0.3 is 0 Å². The van der Waals surface area contributed by atoms with Gasteiger partial charge in [-0.05, 0) is 12.1 Å². The summed E-state index contributed by atoms with van der Waals surface area (Å²) in [6, 6.07) is 17.6. The third-order valence-electron chi connectivity index (χ3n) is 2.42. The van der Waals surface area contributed by atoms with Gasteiger partial charge in [-0.2, -0.15) is 0 Å². The van der Waals surface area contributed by atoms with Crippen LogP contribution in [0.4, 0.5) is 5.69 Å². The Bertz CT molecular complexity index is 535. The molecule has 0 bridgehead atoms. The molecular formula is C15H12NO2. The number of hydrogen-bond acceptors (Lipinski definition) is 2. The molecule has 0 fully saturated rings. The van der Waals surface area contributed by atoms with Crippen LogP contribution in [0.2, 0.25) is 0 Å². The summed E-state index contributed by atoms with van der Waals surface area (Å²) in [5.41, 5.74) is 1.11. The number of Topliss-reactive ketones (excluding diaryl/α,β-unsaturated/α-hetero) is 1. The van der Waals surface area contributed by atoms with Crippen LogP contribution in [-0.2, 0) is 4.79 Å². The van der Waals surface area contributed by atoms with Gasteiger partial charge in [0.25, 0.3) is 5.91 Å². The molecule has 3 heteroatoms. The number of carbonyl (C=O) groups is 2. The predicted octanol–water partition coefficient (Wildman–Crippen LogP) is 2.72. The van der Waals surface area contributed by atoms with Crippen molar-refractivity contribution in [2.75, 3.05) is 0 Å². The molecule has 0 heterocycles. The van der Waals surface area contributed by atoms with E-state index in [0.29, 0.717) is 11.3 Å². The number of ketones is 1. The van der Waals surface area contributed by atoms with Crippen molar-refractivity contribution in [3.05, 3.63) is 66.2 Å². The van der Waals surface area contributed by atoms with Crippen LogP contribution in [0.25, 0.3) is 0 Å². The molecule has 2 rings (SSSR count). The summed E-state index contributed by atoms with van der Waals surface area (Å²) in [6.07, 6.45) is -0.196. The van der Waals surface area contributed by atoms with Gasteiger partial charge in [-0.25, -0.2) is 5.32 Å². The van der Waals surface area contributed by atoms with Crippen molar-refractivity contribution in [3.8, 4) is 0 Å². The van der Waals surface area contributed by atoms with Gasteiger partial charge in [0.1, 0.15) is 0 Å². The zero-order valence-electron chi connectivity index (χ0n) is 9.74. The van der Waals surface area contributed by atoms with E-state index in [2.05, 4.69) is 5.32 Å². The van der Waals surface area contributed by atoms with Crippen LogP contribution in [0, 0.1) is 0 Å². The Morgan fingerprint density at radius 3 is 2.00 bits per heavy atom. The highest BCUT2D eigenvalue weighted by Crippen LogP contribution is 2.08. The molecule has 89 valence electrons. The largest absolute Gasteiger partial charge is 0.294 e. The molecule has 1 radical (unpaired) electrons. The van der Waals surface area contributed by atoms with Crippen molar-refractivity contribution in [2.24, 2.45) is 0 Å². The van der Waals surface area contributed by atoms with Gasteiger partial charge in [0.2, 0.25) is 0 Å². The zero-order chi connectivity index (χ0) is 12.8. The van der Waals surface area contributed by atoms with E-state index < -0.39 is 5.91 Å². The summed E-state index contributed by atoms with van der Waals surface area (Å²) >= 11 is 0. The fraction of sp³-hybridized carbons (Fsp3) is 0.0667. The van der Waals surface area contributed by atoms with Crippen LogP contribution < -0.4 is 5.32 Å². The Morgan fingerprint density at radius 1 is 0.833 bits per heavy atom. The molecule has 0 spiro atoms. The maximum absolute atomic E-state index is 11.8. The van der Waals surface area contributed by atoms with E-state index in [1.807, 2.05) is 12.1 Å². The second kappa shape index (κ2) is 5.77. The lowest BCUT2D eigenvalue weighted by atomic mass is 10.1. The van der Waals surface area contributed by atoms with Crippen LogP contribution in [-0.4, -0.2) is 11.7 Å². The molecule has 0 atom stereocenters. The monoisotopic (exact) mass is 238 g/mol. The van der Waals surface area contributed by atoms with Gasteiger partial charge in [-0.1, -0.05) is 48.5 Å². The van der Waals surface area contributed by atoms with Crippen LogP contribution >= 0.6 is 0 Å². The number of para-hydroxylation sites is 1. The molecule has 0 unspecified atom stereocenters. The molecular weight excluding hydrogens is 226 g/mol. The van der Waals surface area contributed by atoms with Crippen LogP contribution in [0.15, 0.2) is 60.7 Å². The molecule has 0 aliphatic rings. The first-order valence-corrected chi connectivity index (χ1v) is 5.63. The fourth-order valence-corrected chi connectivity index (χ4v) is 1.55. The average Bonchev–Trinajstić information content (AvgIpc) is 2.40. The van der Waals surface area contributed by atoms with E-state index in [1.165, 1.54) is 0 Å². The molecule has 3 nitrogen and oxygen atoms in total. The van der Waals surface area contributed by atoms with Crippen molar-refractivity contribution < 1.29 is 9.59 Å². The summed E-state index contributed by atoms with van der Waals surface area (Å²) in [5, 5.41) is 3.86. The average molecular weight is 238 g/mol. The number of benzene rings is 2. The minimum absolute atomic E-state index is 0.196. The SMILES string of the molecule is O=C(CC(=O)c1ccccc1)[N]c1ccccc1. The number of rotatable bonds is 4. The van der Waals surface area contributed by atoms with Gasteiger partial charge >= 0.3 is 0 Å². The van der Waals surface area contributed by atoms with Crippen molar-refractivity contribution >= 4 is 17.4 Å². The normalized spacial score (nSPS) is 9.78. The quantitative estimate of drug-likeness (QED) is 0.607. The van der Waals surface area contributed by atoms with Crippen LogP contribution in [0.1, 0.15) is 16.8 Å². The smallest absolute Gasteiger partial charge is 0.254 e. The maximum Gasteiger partial charge on any atom is 0.254 e. The molecule has 2 aromatic carbocycles. The lowest BCUT2D eigenvalue weighted by Crippen LogP contribution is -2.15. The van der Waals surface area contributed by atoms with Gasteiger partial charge in [0, 0.05) is 5.56 Å². The molecule has 2 aromatic rings. The highest BCUT2D eigenvalue weighted by molar-refractivity contribution is 6.07. The van der Waals surface area contributed by atoms with Crippen molar-refractivity contribution in [1.29, 1.82) is 0 Å². The minimum Gasteiger partial charge on any atom is -0.294 e. The third-order valence-corrected chi connectivity index (χ3v) is 2.42. The molecule has 0 aromatic heterocycles. The van der Waals surface area contributed by atoms with Gasteiger partial charge in [0.15, 0.2) is 5.78 Å². The Kier molecular flexibility index (Phi) is 3.86. The highest BCUT2D eigenvalue weighted by Gasteiger charge is 2.12. The summed E-state index contributed by atoms with van der Waals surface area (Å²) < 4.78 is 0. The van der Waals surface area contributed by atoms with Gasteiger partial charge in [-0.3, -0.25) is 9.59 Å². The van der Waals surface area contributed by atoms with Crippen LogP contribution in [0.5, 0.6) is 0 Å². The Morgan fingerprint density at radius 2 is 1.39 bits per heavy atom. The lowest BCUT2D eigenvalue weighted by Gasteiger charge is -2.01. The topological polar surface area (TPSA) is 48.2 Å². The summed E-state index contributed by atoms with van der Waals surface area (Å²) in [4.78, 5) is 23.4. The van der Waals surface area contributed by atoms with E-state index in [9.17, 15) is 9.59 Å². The van der Waals surface area contributed by atoms with E-state index >= 15 is 0 Å². The molecule has 0 aliphatic carbocycles. The maximum atomic E-state index is 11.8. The van der Waals surface area contributed by atoms with Crippen LogP contribution in [0.3, 0.4) is 0 Å². The Balaban J connectivity index is 1.94. The summed E-state index contributed by atoms with van der Waals surface area (Å²) in [5.74, 6) is -0.629. The molecule has 1 amide bonds. The van der Waals surface area contributed by atoms with Gasteiger partial charge in [0.05, 0.1) is 12.1 Å². The van der Waals surface area contributed by atoms with Crippen molar-refractivity contribution in [2.45, 2.75) is 6.42 Å². The molecule has 0 aliphatic heterocycles. The van der Waals surface area contributed by atoms with E-state index in [-0.39, 0.29) is 12.2 Å². The zero-order valence-corrected chi connectivity index (χ0v) is 9.74. The first-order valence-electron chi connectivity index (χ1n) is 5.63. The standard InChI is InChI=1S/C15H12NO2/c17-14(12-7-3-1-4-8-12)11-15(18)16-13-9-5-2-6-10-13/h1-10H,11H2. The first-order chi connectivity index (χ1) is 8.75. The van der Waals surface area contributed by atoms with E-state index in [4.69, 9.17) is 0 Å². The second-order valence-corrected chi connectivity index (χ2v) is 3.81. The Labute approximate surface area is 105 Å². The minimum atomic E-state index is -0.421. The van der Waals surface area contributed by atoms with E-state index in [0.717, 1.165) is 0 Å². The molecule has 0 saturated heterocycles. The lowest BCUT2D eigenvalue weighted by molar-refractivity contribution is -0.119. The second-order valence-electron chi connectivity index (χ2n) is 3.81. The van der Waals surface area contributed by atoms with Gasteiger partial charge in [-0.15, -0.1) is 0 Å². The van der Waals surface area contributed by atoms with Crippen molar-refractivity contribution in [1.82, 2.24) is 5.32 Å². The number of hydrogen-bond donors (Lipinski definition) is 0. The Hall–Kier alpha value is -2.42. The molecule has 0 N–H and O–H groups in total.